The summed E-state index contributed by atoms with van der Waals surface area (Å²) in [6.07, 6.45) is 0. The average molecular weight is 387 g/mol. The average Bonchev–Trinajstić information content (AvgIpc) is 2.62. The van der Waals surface area contributed by atoms with Crippen LogP contribution in [0.1, 0.15) is 13.8 Å². The molecule has 0 heterocycles. The number of benzene rings is 1. The second kappa shape index (κ2) is 11.4. The molecule has 0 fully saturated rings. The number of nitrogens with one attached hydrogen (secondary N) is 3. The first kappa shape index (κ1) is 21.8. The summed E-state index contributed by atoms with van der Waals surface area (Å²) in [6.45, 7) is 6.52. The van der Waals surface area contributed by atoms with E-state index in [1.54, 1.807) is 0 Å². The third-order valence-corrected chi connectivity index (χ3v) is 4.56. The van der Waals surface area contributed by atoms with Crippen molar-refractivity contribution < 1.29 is 18.1 Å². The van der Waals surface area contributed by atoms with Crippen molar-refractivity contribution in [2.75, 3.05) is 39.4 Å². The normalized spacial score (nSPS) is 12.0. The molecule has 0 aromatic heterocycles. The lowest BCUT2D eigenvalue weighted by atomic mass is 10.3. The van der Waals surface area contributed by atoms with Crippen molar-refractivity contribution in [1.29, 1.82) is 0 Å². The quantitative estimate of drug-likeness (QED) is 0.165. The number of nitrogens with zero attached hydrogens (tertiary/aromatic N) is 2. The summed E-state index contributed by atoms with van der Waals surface area (Å²) in [6, 6.07) is 4.89. The molecule has 0 amide bonds. The van der Waals surface area contributed by atoms with E-state index in [1.807, 2.05) is 13.8 Å². The number of nitro groups is 1. The van der Waals surface area contributed by atoms with Gasteiger partial charge < -0.3 is 15.4 Å². The Hall–Kier alpha value is -2.24. The summed E-state index contributed by atoms with van der Waals surface area (Å²) in [4.78, 5) is 14.2. The third kappa shape index (κ3) is 7.76. The van der Waals surface area contributed by atoms with Crippen molar-refractivity contribution in [3.63, 3.8) is 0 Å². The fourth-order valence-corrected chi connectivity index (χ4v) is 2.98. The fraction of sp³-hybridized carbons (Fsp3) is 0.533. The molecular weight excluding hydrogens is 362 g/mol. The van der Waals surface area contributed by atoms with Crippen LogP contribution in [-0.2, 0) is 14.8 Å². The number of guanidine groups is 1. The monoisotopic (exact) mass is 387 g/mol. The molecule has 146 valence electrons. The van der Waals surface area contributed by atoms with Crippen LogP contribution in [0.4, 0.5) is 5.69 Å². The summed E-state index contributed by atoms with van der Waals surface area (Å²) in [5, 5.41) is 16.9. The molecule has 1 aromatic rings. The molecule has 0 spiro atoms. The molecule has 0 atom stereocenters. The number of ether oxygens (including phenoxy) is 1. The minimum atomic E-state index is -3.84. The molecule has 0 unspecified atom stereocenters. The lowest BCUT2D eigenvalue weighted by Crippen LogP contribution is -2.39. The van der Waals surface area contributed by atoms with Crippen molar-refractivity contribution in [3.05, 3.63) is 34.4 Å². The van der Waals surface area contributed by atoms with Crippen molar-refractivity contribution in [3.8, 4) is 0 Å². The maximum atomic E-state index is 12.2. The summed E-state index contributed by atoms with van der Waals surface area (Å²) in [5.41, 5.74) is -0.279. The number of non-ortho nitro benzene ring substituents is 1. The van der Waals surface area contributed by atoms with E-state index in [2.05, 4.69) is 20.3 Å². The summed E-state index contributed by atoms with van der Waals surface area (Å²) < 4.78 is 32.0. The summed E-state index contributed by atoms with van der Waals surface area (Å²) >= 11 is 0. The van der Waals surface area contributed by atoms with Gasteiger partial charge >= 0.3 is 0 Å². The van der Waals surface area contributed by atoms with Gasteiger partial charge in [-0.3, -0.25) is 15.1 Å². The Labute approximate surface area is 153 Å². The first-order valence-corrected chi connectivity index (χ1v) is 9.73. The minimum absolute atomic E-state index is 0.0626. The van der Waals surface area contributed by atoms with Crippen LogP contribution in [0.5, 0.6) is 0 Å². The Morgan fingerprint density at radius 2 is 2.04 bits per heavy atom. The fourth-order valence-electron chi connectivity index (χ4n) is 1.92. The van der Waals surface area contributed by atoms with Crippen LogP contribution < -0.4 is 15.4 Å². The highest BCUT2D eigenvalue weighted by atomic mass is 32.2. The SMILES string of the molecule is CCNC(=NCCNS(=O)(=O)c1cccc([N+](=O)[O-])c1)NCCOCC. The molecule has 26 heavy (non-hydrogen) atoms. The van der Waals surface area contributed by atoms with E-state index in [0.29, 0.717) is 32.3 Å². The van der Waals surface area contributed by atoms with Gasteiger partial charge in [-0.05, 0) is 19.9 Å². The van der Waals surface area contributed by atoms with Gasteiger partial charge in [-0.15, -0.1) is 0 Å². The zero-order valence-electron chi connectivity index (χ0n) is 14.9. The number of rotatable bonds is 11. The van der Waals surface area contributed by atoms with Crippen LogP contribution in [0, 0.1) is 10.1 Å². The van der Waals surface area contributed by atoms with Crippen molar-refractivity contribution in [1.82, 2.24) is 15.4 Å². The standard InChI is InChI=1S/C15H25N5O5S/c1-3-16-15(18-10-11-25-4-2)17-8-9-19-26(23,24)14-7-5-6-13(12-14)20(21)22/h5-7,12,19H,3-4,8-11H2,1-2H3,(H2,16,17,18). The van der Waals surface area contributed by atoms with Crippen LogP contribution in [0.3, 0.4) is 0 Å². The van der Waals surface area contributed by atoms with Gasteiger partial charge in [0, 0.05) is 38.4 Å². The first-order valence-electron chi connectivity index (χ1n) is 8.24. The second-order valence-electron chi connectivity index (χ2n) is 5.04. The molecule has 11 heteroatoms. The Morgan fingerprint density at radius 1 is 1.27 bits per heavy atom. The Morgan fingerprint density at radius 3 is 2.69 bits per heavy atom. The van der Waals surface area contributed by atoms with Crippen molar-refractivity contribution >= 4 is 21.7 Å². The highest BCUT2D eigenvalue weighted by Gasteiger charge is 2.16. The Bertz CT molecular complexity index is 708. The van der Waals surface area contributed by atoms with E-state index in [9.17, 15) is 18.5 Å². The maximum Gasteiger partial charge on any atom is 0.270 e. The molecule has 0 saturated carbocycles. The van der Waals surface area contributed by atoms with Crippen LogP contribution in [-0.4, -0.2) is 58.7 Å². The largest absolute Gasteiger partial charge is 0.380 e. The zero-order chi connectivity index (χ0) is 19.4. The van der Waals surface area contributed by atoms with Crippen molar-refractivity contribution in [2.45, 2.75) is 18.7 Å². The lowest BCUT2D eigenvalue weighted by Gasteiger charge is -2.11. The molecule has 0 bridgehead atoms. The minimum Gasteiger partial charge on any atom is -0.380 e. The van der Waals surface area contributed by atoms with Gasteiger partial charge in [-0.2, -0.15) is 0 Å². The first-order chi connectivity index (χ1) is 12.4. The summed E-state index contributed by atoms with van der Waals surface area (Å²) in [7, 11) is -3.84. The van der Waals surface area contributed by atoms with Gasteiger partial charge in [0.1, 0.15) is 0 Å². The number of hydrogen-bond donors (Lipinski definition) is 3. The van der Waals surface area contributed by atoms with Gasteiger partial charge in [-0.25, -0.2) is 13.1 Å². The number of nitro benzene ring substituents is 1. The van der Waals surface area contributed by atoms with Gasteiger partial charge in [0.15, 0.2) is 5.96 Å². The van der Waals surface area contributed by atoms with Crippen LogP contribution >= 0.6 is 0 Å². The predicted octanol–water partition coefficient (Wildman–Crippen LogP) is 0.465. The molecular formula is C15H25N5O5S. The highest BCUT2D eigenvalue weighted by molar-refractivity contribution is 7.89. The van der Waals surface area contributed by atoms with Crippen LogP contribution in [0.2, 0.25) is 0 Å². The molecule has 0 aliphatic carbocycles. The summed E-state index contributed by atoms with van der Waals surface area (Å²) in [5.74, 6) is 0.557. The molecule has 0 radical (unpaired) electrons. The van der Waals surface area contributed by atoms with Gasteiger partial charge in [-0.1, -0.05) is 6.07 Å². The van der Waals surface area contributed by atoms with Crippen LogP contribution in [0.15, 0.2) is 34.2 Å². The second-order valence-corrected chi connectivity index (χ2v) is 6.80. The number of sulfonamides is 1. The van der Waals surface area contributed by atoms with E-state index >= 15 is 0 Å². The molecule has 3 N–H and O–H groups in total. The molecule has 1 rings (SSSR count). The van der Waals surface area contributed by atoms with E-state index in [-0.39, 0.29) is 23.7 Å². The van der Waals surface area contributed by atoms with E-state index in [1.165, 1.54) is 18.2 Å². The third-order valence-electron chi connectivity index (χ3n) is 3.10. The lowest BCUT2D eigenvalue weighted by molar-refractivity contribution is -0.385. The van der Waals surface area contributed by atoms with E-state index in [4.69, 9.17) is 4.74 Å². The molecule has 10 nitrogen and oxygen atoms in total. The molecule has 0 saturated heterocycles. The maximum absolute atomic E-state index is 12.2. The van der Waals surface area contributed by atoms with Crippen molar-refractivity contribution in [2.24, 2.45) is 4.99 Å². The van der Waals surface area contributed by atoms with Crippen LogP contribution in [0.25, 0.3) is 0 Å². The van der Waals surface area contributed by atoms with Gasteiger partial charge in [0.05, 0.1) is 23.0 Å². The van der Waals surface area contributed by atoms with E-state index in [0.717, 1.165) is 6.07 Å². The van der Waals surface area contributed by atoms with Gasteiger partial charge in [0.2, 0.25) is 10.0 Å². The topological polar surface area (TPSA) is 135 Å². The predicted molar refractivity (Wildman–Crippen MR) is 98.8 cm³/mol. The molecule has 0 aliphatic rings. The highest BCUT2D eigenvalue weighted by Crippen LogP contribution is 2.16. The number of aliphatic imine (C=N–C) groups is 1. The Balaban J connectivity index is 2.58. The number of hydrogen-bond acceptors (Lipinski definition) is 6. The zero-order valence-corrected chi connectivity index (χ0v) is 15.7. The van der Waals surface area contributed by atoms with Gasteiger partial charge in [0.25, 0.3) is 5.69 Å². The molecule has 0 aliphatic heterocycles. The smallest absolute Gasteiger partial charge is 0.270 e. The molecule has 1 aromatic carbocycles. The van der Waals surface area contributed by atoms with E-state index < -0.39 is 14.9 Å². The Kier molecular flexibility index (Phi) is 9.55.